The molecule has 7 nitrogen and oxygen atoms in total. The molecule has 0 rings (SSSR count). The van der Waals surface area contributed by atoms with Crippen molar-refractivity contribution in [1.82, 2.24) is 16.0 Å². The van der Waals surface area contributed by atoms with E-state index >= 15 is 0 Å². The minimum absolute atomic E-state index is 0.268. The fourth-order valence-corrected chi connectivity index (χ4v) is 2.84. The van der Waals surface area contributed by atoms with Crippen molar-refractivity contribution in [2.45, 2.75) is 78.6 Å². The molecule has 0 fully saturated rings. The number of hydrogen-bond acceptors (Lipinski definition) is 5. The Morgan fingerprint density at radius 1 is 0.962 bits per heavy atom. The maximum absolute atomic E-state index is 5.94. The molecule has 0 bridgehead atoms. The minimum Gasteiger partial charge on any atom is -0.372 e. The van der Waals surface area contributed by atoms with Crippen molar-refractivity contribution >= 4 is 16.2 Å². The Bertz CT molecular complexity index is 363. The maximum atomic E-state index is 5.94. The van der Waals surface area contributed by atoms with Gasteiger partial charge in [-0.1, -0.05) is 0 Å². The molecule has 0 heterocycles. The van der Waals surface area contributed by atoms with Crippen molar-refractivity contribution < 1.29 is 14.2 Å². The predicted molar refractivity (Wildman–Crippen MR) is 109 cm³/mol. The molecule has 0 aliphatic carbocycles. The molecule has 0 aromatic heterocycles. The van der Waals surface area contributed by atoms with Crippen LogP contribution in [0.2, 0.25) is 6.04 Å². The van der Waals surface area contributed by atoms with Crippen LogP contribution in [-0.2, 0) is 14.2 Å². The standard InChI is InChI=1S/C18H39N4O3Si/c1-8-23-16(13-26)18(24-9-2,25-10-3)20-12-11-19-17(21-14(4)5)22-15(6)7/h14-16,20H,8-13H2,1-7H3,(H2,19,21,22). The lowest BCUT2D eigenvalue weighted by atomic mass is 10.2. The molecule has 0 aliphatic heterocycles. The zero-order valence-corrected chi connectivity index (χ0v) is 18.6. The summed E-state index contributed by atoms with van der Waals surface area (Å²) in [6.45, 7) is 17.0. The van der Waals surface area contributed by atoms with Crippen molar-refractivity contribution in [3.8, 4) is 0 Å². The van der Waals surface area contributed by atoms with Gasteiger partial charge in [-0.05, 0) is 54.5 Å². The predicted octanol–water partition coefficient (Wildman–Crippen LogP) is 1.65. The van der Waals surface area contributed by atoms with Gasteiger partial charge in [0.05, 0.1) is 6.54 Å². The van der Waals surface area contributed by atoms with Crippen LogP contribution in [0.4, 0.5) is 0 Å². The summed E-state index contributed by atoms with van der Waals surface area (Å²) in [5.74, 6) is -0.190. The van der Waals surface area contributed by atoms with E-state index in [0.29, 0.717) is 51.0 Å². The van der Waals surface area contributed by atoms with Gasteiger partial charge in [-0.15, -0.1) is 0 Å². The zero-order chi connectivity index (χ0) is 20.0. The van der Waals surface area contributed by atoms with Crippen molar-refractivity contribution in [3.63, 3.8) is 0 Å². The summed E-state index contributed by atoms with van der Waals surface area (Å²) >= 11 is 0. The topological polar surface area (TPSA) is 76.1 Å². The molecule has 0 saturated carbocycles. The summed E-state index contributed by atoms with van der Waals surface area (Å²) in [5, 5.41) is 10.0. The third-order valence-corrected chi connectivity index (χ3v) is 3.67. The highest BCUT2D eigenvalue weighted by Crippen LogP contribution is 2.21. The summed E-state index contributed by atoms with van der Waals surface area (Å²) < 4.78 is 17.7. The molecule has 0 saturated heterocycles. The molecule has 1 atom stereocenters. The average Bonchev–Trinajstić information content (AvgIpc) is 2.55. The lowest BCUT2D eigenvalue weighted by Gasteiger charge is -2.39. The Balaban J connectivity index is 5.01. The lowest BCUT2D eigenvalue weighted by molar-refractivity contribution is -0.301. The molecule has 153 valence electrons. The first-order chi connectivity index (χ1) is 12.3. The fraction of sp³-hybridized carbons (Fsp3) is 0.944. The number of hydrogen-bond donors (Lipinski definition) is 3. The first-order valence-electron chi connectivity index (χ1n) is 9.71. The Morgan fingerprint density at radius 2 is 1.50 bits per heavy atom. The monoisotopic (exact) mass is 387 g/mol. The molecule has 0 aromatic rings. The first-order valence-corrected chi connectivity index (χ1v) is 10.4. The van der Waals surface area contributed by atoms with Crippen LogP contribution in [0.3, 0.4) is 0 Å². The van der Waals surface area contributed by atoms with Gasteiger partial charge in [-0.25, -0.2) is 0 Å². The lowest BCUT2D eigenvalue weighted by Crippen LogP contribution is -2.60. The number of nitrogens with one attached hydrogen (secondary N) is 3. The van der Waals surface area contributed by atoms with Crippen LogP contribution in [0.15, 0.2) is 4.99 Å². The maximum Gasteiger partial charge on any atom is 0.254 e. The molecule has 3 radical (unpaired) electrons. The van der Waals surface area contributed by atoms with Crippen molar-refractivity contribution in [2.75, 3.05) is 32.9 Å². The first kappa shape index (κ1) is 25.3. The van der Waals surface area contributed by atoms with E-state index in [0.717, 1.165) is 5.96 Å². The van der Waals surface area contributed by atoms with E-state index in [-0.39, 0.29) is 6.10 Å². The van der Waals surface area contributed by atoms with Gasteiger partial charge < -0.3 is 24.8 Å². The van der Waals surface area contributed by atoms with Crippen molar-refractivity contribution in [3.05, 3.63) is 0 Å². The molecule has 8 heteroatoms. The quantitative estimate of drug-likeness (QED) is 0.138. The Labute approximate surface area is 163 Å². The minimum atomic E-state index is -0.992. The van der Waals surface area contributed by atoms with E-state index in [9.17, 15) is 0 Å². The largest absolute Gasteiger partial charge is 0.372 e. The van der Waals surface area contributed by atoms with Crippen molar-refractivity contribution in [1.29, 1.82) is 0 Å². The van der Waals surface area contributed by atoms with Gasteiger partial charge in [-0.2, -0.15) is 0 Å². The highest BCUT2D eigenvalue weighted by molar-refractivity contribution is 6.08. The smallest absolute Gasteiger partial charge is 0.254 e. The highest BCUT2D eigenvalue weighted by Gasteiger charge is 2.40. The molecule has 0 spiro atoms. The van der Waals surface area contributed by atoms with Gasteiger partial charge in [0.2, 0.25) is 0 Å². The molecule has 0 amide bonds. The Hall–Kier alpha value is -0.673. The summed E-state index contributed by atoms with van der Waals surface area (Å²) in [5.41, 5.74) is 0. The van der Waals surface area contributed by atoms with Crippen LogP contribution < -0.4 is 16.0 Å². The number of guanidine groups is 1. The van der Waals surface area contributed by atoms with Crippen LogP contribution in [0, 0.1) is 0 Å². The molecule has 1 unspecified atom stereocenters. The van der Waals surface area contributed by atoms with Gasteiger partial charge in [0.25, 0.3) is 5.91 Å². The van der Waals surface area contributed by atoms with E-state index in [2.05, 4.69) is 58.9 Å². The molecular formula is C18H39N4O3Si. The van der Waals surface area contributed by atoms with Gasteiger partial charge >= 0.3 is 0 Å². The van der Waals surface area contributed by atoms with E-state index < -0.39 is 5.91 Å². The van der Waals surface area contributed by atoms with E-state index in [1.807, 2.05) is 20.8 Å². The van der Waals surface area contributed by atoms with E-state index in [1.54, 1.807) is 0 Å². The second kappa shape index (κ2) is 14.4. The Kier molecular flexibility index (Phi) is 14.0. The molecule has 0 aliphatic rings. The number of aliphatic imine (C=N–C) groups is 1. The summed E-state index contributed by atoms with van der Waals surface area (Å²) in [6.07, 6.45) is -0.268. The second-order valence-electron chi connectivity index (χ2n) is 6.44. The third-order valence-electron chi connectivity index (χ3n) is 3.30. The molecule has 0 aromatic carbocycles. The van der Waals surface area contributed by atoms with Crippen LogP contribution in [-0.4, -0.2) is 73.2 Å². The van der Waals surface area contributed by atoms with Crippen molar-refractivity contribution in [2.24, 2.45) is 4.99 Å². The van der Waals surface area contributed by atoms with Crippen LogP contribution in [0.25, 0.3) is 0 Å². The summed E-state index contributed by atoms with van der Waals surface area (Å²) in [4.78, 5) is 4.63. The molecule has 3 N–H and O–H groups in total. The third kappa shape index (κ3) is 9.87. The summed E-state index contributed by atoms with van der Waals surface area (Å²) in [7, 11) is 3.56. The number of rotatable bonds is 14. The van der Waals surface area contributed by atoms with Crippen LogP contribution in [0.5, 0.6) is 0 Å². The van der Waals surface area contributed by atoms with Gasteiger partial charge in [0, 0.05) is 48.7 Å². The van der Waals surface area contributed by atoms with Gasteiger partial charge in [-0.3, -0.25) is 10.3 Å². The summed E-state index contributed by atoms with van der Waals surface area (Å²) in [6, 6.07) is 1.22. The molecule has 26 heavy (non-hydrogen) atoms. The highest BCUT2D eigenvalue weighted by atomic mass is 28.1. The molecular weight excluding hydrogens is 348 g/mol. The van der Waals surface area contributed by atoms with Gasteiger partial charge in [0.1, 0.15) is 6.10 Å². The Morgan fingerprint density at radius 3 is 1.88 bits per heavy atom. The fourth-order valence-electron chi connectivity index (χ4n) is 2.45. The average molecular weight is 388 g/mol. The SMILES string of the molecule is CCOC(C[Si])C(NCCN=C(NC(C)C)NC(C)C)(OCC)OCC. The van der Waals surface area contributed by atoms with Crippen LogP contribution >= 0.6 is 0 Å². The zero-order valence-electron chi connectivity index (χ0n) is 17.6. The second-order valence-corrected chi connectivity index (χ2v) is 6.85. The van der Waals surface area contributed by atoms with Crippen LogP contribution in [0.1, 0.15) is 48.5 Å². The number of ether oxygens (including phenoxy) is 3. The number of nitrogens with zero attached hydrogens (tertiary/aromatic N) is 1. The van der Waals surface area contributed by atoms with E-state index in [1.165, 1.54) is 0 Å². The van der Waals surface area contributed by atoms with E-state index in [4.69, 9.17) is 14.2 Å². The normalized spacial score (nSPS) is 13.2. The van der Waals surface area contributed by atoms with Gasteiger partial charge in [0.15, 0.2) is 5.96 Å².